The number of benzene rings is 1. The van der Waals surface area contributed by atoms with Gasteiger partial charge in [-0.2, -0.15) is 0 Å². The third kappa shape index (κ3) is 3.86. The predicted octanol–water partition coefficient (Wildman–Crippen LogP) is 3.06. The fraction of sp³-hybridized carbons (Fsp3) is 0.438. The molecule has 0 aliphatic heterocycles. The SMILES string of the molecule is Cn1ccnc1CCOc1c(Br)cccc1CNC1CC1. The van der Waals surface area contributed by atoms with Crippen molar-refractivity contribution in [3.63, 3.8) is 0 Å². The summed E-state index contributed by atoms with van der Waals surface area (Å²) >= 11 is 3.59. The minimum atomic E-state index is 0.629. The Kier molecular flexibility index (Phi) is 4.60. The Morgan fingerprint density at radius 1 is 1.43 bits per heavy atom. The van der Waals surface area contributed by atoms with Crippen molar-refractivity contribution in [2.75, 3.05) is 6.61 Å². The Morgan fingerprint density at radius 2 is 2.29 bits per heavy atom. The molecule has 0 bridgehead atoms. The molecule has 1 aromatic heterocycles. The Labute approximate surface area is 133 Å². The van der Waals surface area contributed by atoms with Crippen LogP contribution in [0.15, 0.2) is 35.1 Å². The largest absolute Gasteiger partial charge is 0.492 e. The van der Waals surface area contributed by atoms with E-state index in [1.54, 1.807) is 0 Å². The number of nitrogens with zero attached hydrogens (tertiary/aromatic N) is 2. The van der Waals surface area contributed by atoms with E-state index in [9.17, 15) is 0 Å². The number of rotatable bonds is 7. The van der Waals surface area contributed by atoms with Gasteiger partial charge in [0.1, 0.15) is 11.6 Å². The summed E-state index contributed by atoms with van der Waals surface area (Å²) in [6.07, 6.45) is 7.17. The van der Waals surface area contributed by atoms with Crippen molar-refractivity contribution in [1.82, 2.24) is 14.9 Å². The number of hydrogen-bond donors (Lipinski definition) is 1. The summed E-state index contributed by atoms with van der Waals surface area (Å²) in [6.45, 7) is 1.49. The van der Waals surface area contributed by atoms with Crippen LogP contribution < -0.4 is 10.1 Å². The maximum Gasteiger partial charge on any atom is 0.137 e. The van der Waals surface area contributed by atoms with Gasteiger partial charge in [-0.25, -0.2) is 4.98 Å². The maximum atomic E-state index is 6.01. The predicted molar refractivity (Wildman–Crippen MR) is 86.4 cm³/mol. The second-order valence-corrected chi connectivity index (χ2v) is 6.29. The lowest BCUT2D eigenvalue weighted by atomic mass is 10.2. The second-order valence-electron chi connectivity index (χ2n) is 5.44. The van der Waals surface area contributed by atoms with Crippen LogP contribution >= 0.6 is 15.9 Å². The van der Waals surface area contributed by atoms with E-state index in [4.69, 9.17) is 4.74 Å². The molecule has 0 saturated heterocycles. The van der Waals surface area contributed by atoms with Crippen LogP contribution in [0, 0.1) is 0 Å². The highest BCUT2D eigenvalue weighted by Crippen LogP contribution is 2.30. The third-order valence-electron chi connectivity index (χ3n) is 3.70. The molecule has 1 aromatic carbocycles. The van der Waals surface area contributed by atoms with Crippen LogP contribution in [0.1, 0.15) is 24.2 Å². The highest BCUT2D eigenvalue weighted by atomic mass is 79.9. The van der Waals surface area contributed by atoms with Crippen LogP contribution in [0.5, 0.6) is 5.75 Å². The fourth-order valence-electron chi connectivity index (χ4n) is 2.28. The Hall–Kier alpha value is -1.33. The van der Waals surface area contributed by atoms with Gasteiger partial charge in [-0.1, -0.05) is 12.1 Å². The van der Waals surface area contributed by atoms with Crippen molar-refractivity contribution in [2.45, 2.75) is 31.8 Å². The Morgan fingerprint density at radius 3 is 3.00 bits per heavy atom. The third-order valence-corrected chi connectivity index (χ3v) is 4.32. The molecular weight excluding hydrogens is 330 g/mol. The van der Waals surface area contributed by atoms with Crippen LogP contribution in [0.2, 0.25) is 0 Å². The van der Waals surface area contributed by atoms with Crippen molar-refractivity contribution in [1.29, 1.82) is 0 Å². The van der Waals surface area contributed by atoms with Crippen LogP contribution in [0.3, 0.4) is 0 Å². The standard InChI is InChI=1S/C16H20BrN3O/c1-20-9-8-18-15(20)7-10-21-16-12(3-2-4-14(16)17)11-19-13-5-6-13/h2-4,8-9,13,19H,5-7,10-11H2,1H3. The van der Waals surface area contributed by atoms with E-state index in [1.165, 1.54) is 18.4 Å². The smallest absolute Gasteiger partial charge is 0.137 e. The summed E-state index contributed by atoms with van der Waals surface area (Å²) in [5, 5.41) is 3.54. The van der Waals surface area contributed by atoms with Gasteiger partial charge < -0.3 is 14.6 Å². The monoisotopic (exact) mass is 349 g/mol. The van der Waals surface area contributed by atoms with Crippen molar-refractivity contribution < 1.29 is 4.74 Å². The summed E-state index contributed by atoms with van der Waals surface area (Å²) < 4.78 is 9.05. The van der Waals surface area contributed by atoms with Crippen molar-refractivity contribution in [3.05, 3.63) is 46.5 Å². The summed E-state index contributed by atoms with van der Waals surface area (Å²) in [5.41, 5.74) is 1.20. The average Bonchev–Trinajstić information content (AvgIpc) is 3.22. The molecule has 4 nitrogen and oxygen atoms in total. The van der Waals surface area contributed by atoms with E-state index < -0.39 is 0 Å². The summed E-state index contributed by atoms with van der Waals surface area (Å²) in [6, 6.07) is 6.90. The van der Waals surface area contributed by atoms with Gasteiger partial charge in [0, 0.05) is 44.0 Å². The molecule has 0 radical (unpaired) electrons. The molecule has 0 spiro atoms. The van der Waals surface area contributed by atoms with E-state index in [0.29, 0.717) is 12.6 Å². The molecule has 1 aliphatic carbocycles. The summed E-state index contributed by atoms with van der Waals surface area (Å²) in [7, 11) is 2.01. The second kappa shape index (κ2) is 6.62. The summed E-state index contributed by atoms with van der Waals surface area (Å²) in [4.78, 5) is 4.32. The first-order chi connectivity index (χ1) is 10.2. The van der Waals surface area contributed by atoms with Gasteiger partial charge in [0.2, 0.25) is 0 Å². The van der Waals surface area contributed by atoms with Crippen molar-refractivity contribution in [3.8, 4) is 5.75 Å². The fourth-order valence-corrected chi connectivity index (χ4v) is 2.80. The van der Waals surface area contributed by atoms with Crippen molar-refractivity contribution in [2.24, 2.45) is 7.05 Å². The normalized spacial score (nSPS) is 14.4. The molecule has 0 unspecified atom stereocenters. The molecule has 1 N–H and O–H groups in total. The highest BCUT2D eigenvalue weighted by Gasteiger charge is 2.21. The van der Waals surface area contributed by atoms with E-state index in [1.807, 2.05) is 30.1 Å². The van der Waals surface area contributed by atoms with Gasteiger partial charge in [-0.15, -0.1) is 0 Å². The zero-order valence-corrected chi connectivity index (χ0v) is 13.8. The van der Waals surface area contributed by atoms with Crippen LogP contribution in [-0.2, 0) is 20.0 Å². The van der Waals surface area contributed by atoms with Gasteiger partial charge in [-0.3, -0.25) is 0 Å². The lowest BCUT2D eigenvalue weighted by molar-refractivity contribution is 0.311. The molecule has 0 amide bonds. The average molecular weight is 350 g/mol. The number of halogens is 1. The number of aryl methyl sites for hydroxylation is 1. The Balaban J connectivity index is 1.61. The zero-order valence-electron chi connectivity index (χ0n) is 12.2. The molecule has 112 valence electrons. The minimum Gasteiger partial charge on any atom is -0.492 e. The van der Waals surface area contributed by atoms with Crippen LogP contribution in [0.25, 0.3) is 0 Å². The van der Waals surface area contributed by atoms with Gasteiger partial charge in [0.05, 0.1) is 11.1 Å². The number of para-hydroxylation sites is 1. The number of aromatic nitrogens is 2. The molecule has 1 fully saturated rings. The van der Waals surface area contributed by atoms with E-state index in [2.05, 4.69) is 38.4 Å². The lowest BCUT2D eigenvalue weighted by Gasteiger charge is -2.14. The summed E-state index contributed by atoms with van der Waals surface area (Å²) in [5.74, 6) is 1.99. The molecule has 1 heterocycles. The molecule has 1 aliphatic rings. The first-order valence-electron chi connectivity index (χ1n) is 7.34. The van der Waals surface area contributed by atoms with Crippen LogP contribution in [0.4, 0.5) is 0 Å². The minimum absolute atomic E-state index is 0.629. The number of imidazole rings is 1. The van der Waals surface area contributed by atoms with Gasteiger partial charge in [0.15, 0.2) is 0 Å². The van der Waals surface area contributed by atoms with Crippen LogP contribution in [-0.4, -0.2) is 22.2 Å². The van der Waals surface area contributed by atoms with E-state index in [-0.39, 0.29) is 0 Å². The maximum absolute atomic E-state index is 6.01. The Bertz CT molecular complexity index is 607. The lowest BCUT2D eigenvalue weighted by Crippen LogP contribution is -2.16. The topological polar surface area (TPSA) is 39.1 Å². The van der Waals surface area contributed by atoms with Gasteiger partial charge in [-0.05, 0) is 34.8 Å². The molecule has 5 heteroatoms. The molecule has 21 heavy (non-hydrogen) atoms. The highest BCUT2D eigenvalue weighted by molar-refractivity contribution is 9.10. The van der Waals surface area contributed by atoms with E-state index in [0.717, 1.165) is 29.0 Å². The molecular formula is C16H20BrN3O. The molecule has 1 saturated carbocycles. The number of ether oxygens (including phenoxy) is 1. The number of hydrogen-bond acceptors (Lipinski definition) is 3. The number of nitrogens with one attached hydrogen (secondary N) is 1. The first-order valence-corrected chi connectivity index (χ1v) is 8.13. The van der Waals surface area contributed by atoms with E-state index >= 15 is 0 Å². The van der Waals surface area contributed by atoms with Crippen molar-refractivity contribution >= 4 is 15.9 Å². The molecule has 0 atom stereocenters. The molecule has 2 aromatic rings. The van der Waals surface area contributed by atoms with Gasteiger partial charge in [0.25, 0.3) is 0 Å². The van der Waals surface area contributed by atoms with Gasteiger partial charge >= 0.3 is 0 Å². The zero-order chi connectivity index (χ0) is 14.7. The quantitative estimate of drug-likeness (QED) is 0.834. The first kappa shape index (κ1) is 14.6. The molecule has 3 rings (SSSR count).